The summed E-state index contributed by atoms with van der Waals surface area (Å²) in [5.74, 6) is 0. The van der Waals surface area contributed by atoms with Gasteiger partial charge in [0.05, 0.1) is 16.6 Å². The van der Waals surface area contributed by atoms with Crippen molar-refractivity contribution in [3.05, 3.63) is 72.6 Å². The summed E-state index contributed by atoms with van der Waals surface area (Å²) in [5.41, 5.74) is 3.64. The number of alkyl halides is 3. The fourth-order valence-electron chi connectivity index (χ4n) is 4.34. The maximum atomic E-state index is 12.8. The van der Waals surface area contributed by atoms with Crippen LogP contribution in [0.1, 0.15) is 5.56 Å². The van der Waals surface area contributed by atoms with E-state index in [-0.39, 0.29) is 5.69 Å². The van der Waals surface area contributed by atoms with E-state index in [1.165, 1.54) is 17.8 Å². The zero-order chi connectivity index (χ0) is 25.3. The Bertz CT molecular complexity index is 1360. The van der Waals surface area contributed by atoms with Crippen LogP contribution in [0, 0.1) is 0 Å². The van der Waals surface area contributed by atoms with Crippen molar-refractivity contribution in [1.82, 2.24) is 14.9 Å². The van der Waals surface area contributed by atoms with E-state index < -0.39 is 17.8 Å². The Morgan fingerprint density at radius 1 is 0.944 bits per heavy atom. The molecule has 36 heavy (non-hydrogen) atoms. The average Bonchev–Trinajstić information content (AvgIpc) is 3.27. The van der Waals surface area contributed by atoms with Gasteiger partial charge in [-0.05, 0) is 60.6 Å². The first-order valence-electron chi connectivity index (χ1n) is 11.5. The number of aromatic nitrogens is 2. The lowest BCUT2D eigenvalue weighted by molar-refractivity contribution is -0.137. The number of pyridine rings is 1. The molecule has 186 valence electrons. The van der Waals surface area contributed by atoms with E-state index in [1.807, 2.05) is 6.07 Å². The Balaban J connectivity index is 1.35. The monoisotopic (exact) mass is 494 g/mol. The minimum absolute atomic E-state index is 0.248. The molecule has 2 aromatic carbocycles. The van der Waals surface area contributed by atoms with Crippen LogP contribution in [0.15, 0.2) is 67.0 Å². The van der Waals surface area contributed by atoms with Gasteiger partial charge in [0.25, 0.3) is 0 Å². The average molecular weight is 495 g/mol. The Kier molecular flexibility index (Phi) is 6.27. The summed E-state index contributed by atoms with van der Waals surface area (Å²) < 4.78 is 38.3. The number of nitrogens with one attached hydrogen (secondary N) is 3. The zero-order valence-electron chi connectivity index (χ0n) is 19.6. The number of rotatable bonds is 4. The molecule has 4 aromatic rings. The lowest BCUT2D eigenvalue weighted by Gasteiger charge is -2.34. The van der Waals surface area contributed by atoms with E-state index in [2.05, 4.69) is 61.7 Å². The highest BCUT2D eigenvalue weighted by Gasteiger charge is 2.30. The number of urea groups is 1. The predicted octanol–water partition coefficient (Wildman–Crippen LogP) is 5.64. The second-order valence-electron chi connectivity index (χ2n) is 8.78. The maximum absolute atomic E-state index is 12.8. The van der Waals surface area contributed by atoms with E-state index in [1.54, 1.807) is 12.4 Å². The number of carbonyl (C=O) groups is 1. The number of hydrogen-bond acceptors (Lipinski definition) is 4. The highest BCUT2D eigenvalue weighted by molar-refractivity contribution is 6.09. The number of H-pyrrole nitrogens is 1. The van der Waals surface area contributed by atoms with Gasteiger partial charge in [-0.15, -0.1) is 0 Å². The number of halogens is 3. The van der Waals surface area contributed by atoms with Crippen molar-refractivity contribution in [3.63, 3.8) is 0 Å². The second-order valence-corrected chi connectivity index (χ2v) is 8.78. The summed E-state index contributed by atoms with van der Waals surface area (Å²) in [6.07, 6.45) is -1.09. The highest BCUT2D eigenvalue weighted by Crippen LogP contribution is 2.34. The van der Waals surface area contributed by atoms with Crippen molar-refractivity contribution < 1.29 is 18.0 Å². The summed E-state index contributed by atoms with van der Waals surface area (Å²) >= 11 is 0. The van der Waals surface area contributed by atoms with Crippen molar-refractivity contribution in [1.29, 1.82) is 0 Å². The predicted molar refractivity (Wildman–Crippen MR) is 135 cm³/mol. The number of anilines is 3. The summed E-state index contributed by atoms with van der Waals surface area (Å²) in [4.78, 5) is 24.7. The Labute approximate surface area is 205 Å². The van der Waals surface area contributed by atoms with Crippen LogP contribution in [0.4, 0.5) is 35.0 Å². The van der Waals surface area contributed by atoms with E-state index in [0.29, 0.717) is 11.3 Å². The quantitative estimate of drug-likeness (QED) is 0.343. The van der Waals surface area contributed by atoms with Crippen LogP contribution in [0.5, 0.6) is 0 Å². The van der Waals surface area contributed by atoms with Crippen LogP contribution in [0.2, 0.25) is 0 Å². The van der Waals surface area contributed by atoms with Gasteiger partial charge in [-0.25, -0.2) is 9.78 Å². The third-order valence-corrected chi connectivity index (χ3v) is 6.34. The molecule has 5 rings (SSSR count). The number of piperazine rings is 1. The fraction of sp³-hybridized carbons (Fsp3) is 0.231. The van der Waals surface area contributed by atoms with Gasteiger partial charge in [0.1, 0.15) is 5.65 Å². The first kappa shape index (κ1) is 23.7. The minimum Gasteiger partial charge on any atom is -0.369 e. The molecule has 0 atom stereocenters. The molecule has 2 aromatic heterocycles. The molecule has 3 heterocycles. The van der Waals surface area contributed by atoms with Gasteiger partial charge in [0.2, 0.25) is 0 Å². The summed E-state index contributed by atoms with van der Waals surface area (Å²) in [5, 5.41) is 6.09. The first-order valence-corrected chi connectivity index (χ1v) is 11.5. The Morgan fingerprint density at radius 2 is 1.64 bits per heavy atom. The number of carbonyl (C=O) groups excluding carboxylic acids is 1. The van der Waals surface area contributed by atoms with Crippen LogP contribution in [0.3, 0.4) is 0 Å². The Hall–Kier alpha value is -4.05. The van der Waals surface area contributed by atoms with Gasteiger partial charge < -0.3 is 25.4 Å². The number of benzene rings is 2. The summed E-state index contributed by atoms with van der Waals surface area (Å²) in [6.45, 7) is 4.02. The van der Waals surface area contributed by atoms with E-state index in [0.717, 1.165) is 54.8 Å². The highest BCUT2D eigenvalue weighted by atomic mass is 19.4. The molecule has 0 unspecified atom stereocenters. The molecule has 0 radical (unpaired) electrons. The topological polar surface area (TPSA) is 76.3 Å². The first-order chi connectivity index (χ1) is 17.3. The number of nitrogens with zero attached hydrogens (tertiary/aromatic N) is 3. The van der Waals surface area contributed by atoms with Crippen molar-refractivity contribution in [2.45, 2.75) is 6.18 Å². The van der Waals surface area contributed by atoms with Gasteiger partial charge in [0.15, 0.2) is 0 Å². The third-order valence-electron chi connectivity index (χ3n) is 6.34. The largest absolute Gasteiger partial charge is 0.416 e. The smallest absolute Gasteiger partial charge is 0.369 e. The second kappa shape index (κ2) is 9.54. The molecule has 0 spiro atoms. The molecular weight excluding hydrogens is 469 g/mol. The SMILES string of the molecule is CN1CCN(c2ccc(-c3ccnc4[nH]cc(NC(=O)Nc5ccc(C(F)(F)F)cc5)c34)cc2)CC1. The number of hydrogen-bond donors (Lipinski definition) is 3. The van der Waals surface area contributed by atoms with Crippen molar-refractivity contribution in [2.24, 2.45) is 0 Å². The van der Waals surface area contributed by atoms with Gasteiger partial charge in [-0.2, -0.15) is 13.2 Å². The summed E-state index contributed by atoms with van der Waals surface area (Å²) in [6, 6.07) is 13.9. The number of fused-ring (bicyclic) bond motifs is 1. The van der Waals surface area contributed by atoms with Gasteiger partial charge >= 0.3 is 12.2 Å². The molecule has 1 aliphatic rings. The van der Waals surface area contributed by atoms with Gasteiger partial charge in [-0.1, -0.05) is 12.1 Å². The fourth-order valence-corrected chi connectivity index (χ4v) is 4.34. The van der Waals surface area contributed by atoms with Crippen LogP contribution in [-0.4, -0.2) is 54.1 Å². The van der Waals surface area contributed by atoms with E-state index >= 15 is 0 Å². The van der Waals surface area contributed by atoms with Crippen LogP contribution >= 0.6 is 0 Å². The molecule has 7 nitrogen and oxygen atoms in total. The molecule has 3 N–H and O–H groups in total. The lowest BCUT2D eigenvalue weighted by Crippen LogP contribution is -2.44. The standard InChI is InChI=1S/C26H25F3N6O/c1-34-12-14-35(15-13-34)20-8-2-17(3-9-20)21-10-11-30-24-23(21)22(16-31-24)33-25(36)32-19-6-4-18(5-7-19)26(27,28)29/h2-11,16H,12-15H2,1H3,(H,30,31)(H2,32,33,36). The normalized spacial score (nSPS) is 14.7. The van der Waals surface area contributed by atoms with Crippen LogP contribution in [0.25, 0.3) is 22.2 Å². The van der Waals surface area contributed by atoms with E-state index in [9.17, 15) is 18.0 Å². The minimum atomic E-state index is -4.43. The maximum Gasteiger partial charge on any atom is 0.416 e. The number of aromatic amines is 1. The summed E-state index contributed by atoms with van der Waals surface area (Å²) in [7, 11) is 2.13. The van der Waals surface area contributed by atoms with Crippen molar-refractivity contribution in [2.75, 3.05) is 48.8 Å². The third kappa shape index (κ3) is 4.99. The zero-order valence-corrected chi connectivity index (χ0v) is 19.6. The van der Waals surface area contributed by atoms with Crippen LogP contribution in [-0.2, 0) is 6.18 Å². The van der Waals surface area contributed by atoms with Crippen LogP contribution < -0.4 is 15.5 Å². The molecule has 2 amide bonds. The van der Waals surface area contributed by atoms with Gasteiger partial charge in [0, 0.05) is 49.9 Å². The molecule has 0 saturated carbocycles. The molecule has 1 aliphatic heterocycles. The lowest BCUT2D eigenvalue weighted by atomic mass is 10.0. The van der Waals surface area contributed by atoms with E-state index in [4.69, 9.17) is 0 Å². The number of likely N-dealkylation sites (N-methyl/N-ethyl adjacent to an activating group) is 1. The Morgan fingerprint density at radius 3 is 2.31 bits per heavy atom. The molecule has 1 saturated heterocycles. The molecule has 0 bridgehead atoms. The molecule has 10 heteroatoms. The van der Waals surface area contributed by atoms with Gasteiger partial charge in [-0.3, -0.25) is 0 Å². The molecule has 1 fully saturated rings. The van der Waals surface area contributed by atoms with Crippen molar-refractivity contribution in [3.8, 4) is 11.1 Å². The van der Waals surface area contributed by atoms with Crippen molar-refractivity contribution >= 4 is 34.1 Å². The number of amides is 2. The molecular formula is C26H25F3N6O. The molecule has 0 aliphatic carbocycles.